The number of nitrogens with zero attached hydrogens (tertiary/aromatic N) is 1. The molecule has 0 bridgehead atoms. The van der Waals surface area contributed by atoms with Crippen LogP contribution in [0.4, 0.5) is 5.69 Å². The fourth-order valence-electron chi connectivity index (χ4n) is 2.85. The highest BCUT2D eigenvalue weighted by Gasteiger charge is 2.16. The van der Waals surface area contributed by atoms with Crippen molar-refractivity contribution in [2.45, 2.75) is 19.8 Å². The first-order valence-electron chi connectivity index (χ1n) is 8.65. The molecule has 0 fully saturated rings. The van der Waals surface area contributed by atoms with Crippen molar-refractivity contribution in [2.24, 2.45) is 0 Å². The third-order valence-electron chi connectivity index (χ3n) is 4.09. The summed E-state index contributed by atoms with van der Waals surface area (Å²) < 4.78 is 16.0. The number of carbonyl (C=O) groups excluding carboxylic acids is 1. The number of benzene rings is 1. The van der Waals surface area contributed by atoms with Gasteiger partial charge in [-0.2, -0.15) is 0 Å². The quantitative estimate of drug-likeness (QED) is 0.570. The van der Waals surface area contributed by atoms with Crippen molar-refractivity contribution in [1.29, 1.82) is 0 Å². The minimum absolute atomic E-state index is 0.0857. The van der Waals surface area contributed by atoms with E-state index < -0.39 is 0 Å². The van der Waals surface area contributed by atoms with Gasteiger partial charge >= 0.3 is 0 Å². The van der Waals surface area contributed by atoms with Crippen molar-refractivity contribution in [1.82, 2.24) is 4.98 Å². The molecule has 6 nitrogen and oxygen atoms in total. The fraction of sp³-hybridized carbons (Fsp3) is 0.300. The molecule has 1 amide bonds. The zero-order valence-electron chi connectivity index (χ0n) is 16.2. The van der Waals surface area contributed by atoms with E-state index in [1.807, 2.05) is 18.4 Å². The third kappa shape index (κ3) is 4.45. The maximum absolute atomic E-state index is 12.5. The van der Waals surface area contributed by atoms with E-state index in [4.69, 9.17) is 14.2 Å². The van der Waals surface area contributed by atoms with Gasteiger partial charge in [-0.3, -0.25) is 4.79 Å². The molecule has 1 N–H and O–H groups in total. The van der Waals surface area contributed by atoms with E-state index in [2.05, 4.69) is 16.4 Å². The van der Waals surface area contributed by atoms with Crippen LogP contribution in [-0.2, 0) is 11.2 Å². The van der Waals surface area contributed by atoms with Gasteiger partial charge in [0.15, 0.2) is 11.5 Å². The van der Waals surface area contributed by atoms with E-state index in [0.29, 0.717) is 35.8 Å². The number of ether oxygens (including phenoxy) is 3. The fourth-order valence-corrected chi connectivity index (χ4v) is 4.60. The standard InChI is InChI=1S/C20H22N2O4S2/c1-12-21-19(16-6-5-9-27-16)17(28-12)7-8-18(23)22-13-10-14(24-2)20(26-4)15(11-13)25-3/h5-6,9-11H,7-8H2,1-4H3,(H,22,23). The van der Waals surface area contributed by atoms with Gasteiger partial charge in [0.25, 0.3) is 0 Å². The van der Waals surface area contributed by atoms with Gasteiger partial charge in [-0.05, 0) is 24.8 Å². The highest BCUT2D eigenvalue weighted by Crippen LogP contribution is 2.40. The zero-order chi connectivity index (χ0) is 20.1. The summed E-state index contributed by atoms with van der Waals surface area (Å²) in [5.74, 6) is 1.40. The summed E-state index contributed by atoms with van der Waals surface area (Å²) in [5.41, 5.74) is 1.58. The molecule has 0 saturated carbocycles. The van der Waals surface area contributed by atoms with Crippen LogP contribution in [0.1, 0.15) is 16.3 Å². The predicted molar refractivity (Wildman–Crippen MR) is 113 cm³/mol. The first-order chi connectivity index (χ1) is 13.5. The zero-order valence-corrected chi connectivity index (χ0v) is 17.8. The number of amides is 1. The predicted octanol–water partition coefficient (Wildman–Crippen LogP) is 4.78. The van der Waals surface area contributed by atoms with E-state index >= 15 is 0 Å². The van der Waals surface area contributed by atoms with E-state index in [0.717, 1.165) is 20.5 Å². The van der Waals surface area contributed by atoms with Crippen LogP contribution >= 0.6 is 22.7 Å². The van der Waals surface area contributed by atoms with Crippen molar-refractivity contribution in [3.63, 3.8) is 0 Å². The molecule has 0 unspecified atom stereocenters. The smallest absolute Gasteiger partial charge is 0.224 e. The summed E-state index contributed by atoms with van der Waals surface area (Å²) in [7, 11) is 4.63. The maximum atomic E-state index is 12.5. The molecule has 2 heterocycles. The Morgan fingerprint density at radius 1 is 1.14 bits per heavy atom. The molecule has 0 aliphatic heterocycles. The molecular weight excluding hydrogens is 396 g/mol. The molecule has 3 rings (SSSR count). The van der Waals surface area contributed by atoms with Gasteiger partial charge in [-0.25, -0.2) is 4.98 Å². The second-order valence-corrected chi connectivity index (χ2v) is 8.18. The lowest BCUT2D eigenvalue weighted by Crippen LogP contribution is -2.12. The molecular formula is C20H22N2O4S2. The molecule has 28 heavy (non-hydrogen) atoms. The van der Waals surface area contributed by atoms with Gasteiger partial charge in [0, 0.05) is 29.1 Å². The van der Waals surface area contributed by atoms with E-state index in [-0.39, 0.29) is 5.91 Å². The van der Waals surface area contributed by atoms with Crippen LogP contribution in [0.25, 0.3) is 10.6 Å². The van der Waals surface area contributed by atoms with Crippen LogP contribution in [-0.4, -0.2) is 32.2 Å². The molecule has 8 heteroatoms. The normalized spacial score (nSPS) is 10.6. The first kappa shape index (κ1) is 20.2. The van der Waals surface area contributed by atoms with Crippen molar-refractivity contribution in [3.8, 4) is 27.8 Å². The number of aromatic nitrogens is 1. The minimum atomic E-state index is -0.0857. The Bertz CT molecular complexity index is 926. The maximum Gasteiger partial charge on any atom is 0.224 e. The third-order valence-corrected chi connectivity index (χ3v) is 5.99. The van der Waals surface area contributed by atoms with Crippen LogP contribution in [0.3, 0.4) is 0 Å². The monoisotopic (exact) mass is 418 g/mol. The topological polar surface area (TPSA) is 69.7 Å². The number of methoxy groups -OCH3 is 3. The average Bonchev–Trinajstić information content (AvgIpc) is 3.34. The second-order valence-electron chi connectivity index (χ2n) is 5.94. The highest BCUT2D eigenvalue weighted by atomic mass is 32.1. The number of carbonyl (C=O) groups is 1. The number of rotatable bonds is 8. The van der Waals surface area contributed by atoms with Gasteiger partial charge in [-0.1, -0.05) is 6.07 Å². The average molecular weight is 419 g/mol. The molecule has 0 radical (unpaired) electrons. The van der Waals surface area contributed by atoms with Gasteiger partial charge in [0.1, 0.15) is 0 Å². The van der Waals surface area contributed by atoms with Gasteiger partial charge in [0.2, 0.25) is 11.7 Å². The van der Waals surface area contributed by atoms with E-state index in [1.54, 1.807) is 56.1 Å². The Labute approximate surface area is 172 Å². The number of anilines is 1. The lowest BCUT2D eigenvalue weighted by atomic mass is 10.2. The SMILES string of the molecule is COc1cc(NC(=O)CCc2sc(C)nc2-c2cccs2)cc(OC)c1OC. The van der Waals surface area contributed by atoms with Gasteiger partial charge in [0.05, 0.1) is 36.9 Å². The minimum Gasteiger partial charge on any atom is -0.493 e. The lowest BCUT2D eigenvalue weighted by molar-refractivity contribution is -0.116. The van der Waals surface area contributed by atoms with Crippen LogP contribution in [0, 0.1) is 6.92 Å². The Kier molecular flexibility index (Phi) is 6.53. The summed E-state index contributed by atoms with van der Waals surface area (Å²) >= 11 is 3.29. The number of thiophene rings is 1. The van der Waals surface area contributed by atoms with Gasteiger partial charge in [-0.15, -0.1) is 22.7 Å². The number of nitrogens with one attached hydrogen (secondary N) is 1. The Morgan fingerprint density at radius 3 is 2.43 bits per heavy atom. The summed E-state index contributed by atoms with van der Waals surface area (Å²) in [6, 6.07) is 7.49. The van der Waals surface area contributed by atoms with Crippen molar-refractivity contribution in [3.05, 3.63) is 39.5 Å². The molecule has 0 atom stereocenters. The molecule has 3 aromatic rings. The van der Waals surface area contributed by atoms with Crippen LogP contribution in [0.15, 0.2) is 29.6 Å². The molecule has 148 valence electrons. The summed E-state index contributed by atoms with van der Waals surface area (Å²) in [6.07, 6.45) is 0.992. The number of aryl methyl sites for hydroxylation is 2. The summed E-state index contributed by atoms with van der Waals surface area (Å²) in [5, 5.41) is 5.94. The number of thiazole rings is 1. The largest absolute Gasteiger partial charge is 0.493 e. The summed E-state index contributed by atoms with van der Waals surface area (Å²) in [6.45, 7) is 1.99. The first-order valence-corrected chi connectivity index (χ1v) is 10.3. The van der Waals surface area contributed by atoms with Gasteiger partial charge < -0.3 is 19.5 Å². The van der Waals surface area contributed by atoms with Crippen LogP contribution in [0.2, 0.25) is 0 Å². The van der Waals surface area contributed by atoms with E-state index in [9.17, 15) is 4.79 Å². The van der Waals surface area contributed by atoms with Crippen molar-refractivity contribution >= 4 is 34.3 Å². The van der Waals surface area contributed by atoms with Crippen molar-refractivity contribution < 1.29 is 19.0 Å². The molecule has 0 saturated heterocycles. The molecule has 0 aliphatic rings. The molecule has 0 spiro atoms. The van der Waals surface area contributed by atoms with E-state index in [1.165, 1.54) is 0 Å². The highest BCUT2D eigenvalue weighted by molar-refractivity contribution is 7.15. The lowest BCUT2D eigenvalue weighted by Gasteiger charge is -2.14. The number of hydrogen-bond donors (Lipinski definition) is 1. The Morgan fingerprint density at radius 2 is 1.86 bits per heavy atom. The number of hydrogen-bond acceptors (Lipinski definition) is 7. The molecule has 0 aliphatic carbocycles. The molecule has 2 aromatic heterocycles. The summed E-state index contributed by atoms with van der Waals surface area (Å²) in [4.78, 5) is 19.4. The Balaban J connectivity index is 1.70. The molecule has 1 aromatic carbocycles. The Hall–Kier alpha value is -2.58. The van der Waals surface area contributed by atoms with Crippen LogP contribution in [0.5, 0.6) is 17.2 Å². The van der Waals surface area contributed by atoms with Crippen LogP contribution < -0.4 is 19.5 Å². The second kappa shape index (κ2) is 9.07. The van der Waals surface area contributed by atoms with Crippen molar-refractivity contribution in [2.75, 3.05) is 26.6 Å².